The third-order valence-electron chi connectivity index (χ3n) is 4.78. The topological polar surface area (TPSA) is 32.8 Å². The van der Waals surface area contributed by atoms with Gasteiger partial charge in [0.1, 0.15) is 6.10 Å². The van der Waals surface area contributed by atoms with Crippen molar-refractivity contribution in [3.63, 3.8) is 0 Å². The number of benzene rings is 1. The Balaban J connectivity index is 1.71. The SMILES string of the molecule is CCN1[14CH2][C@H]2CN(C)C[C@@H]([14CH2]1)C2OC(=O)c1ccc(Cl)cc1. The van der Waals surface area contributed by atoms with Gasteiger partial charge in [0.25, 0.3) is 0 Å². The van der Waals surface area contributed by atoms with E-state index in [1.54, 1.807) is 24.3 Å². The highest BCUT2D eigenvalue weighted by molar-refractivity contribution is 6.30. The second-order valence-corrected chi connectivity index (χ2v) is 6.91. The number of rotatable bonds is 3. The van der Waals surface area contributed by atoms with Gasteiger partial charge in [-0.05, 0) is 37.9 Å². The highest BCUT2D eigenvalue weighted by Crippen LogP contribution is 2.31. The molecule has 0 radical (unpaired) electrons. The first-order chi connectivity index (χ1) is 10.6. The molecule has 2 fully saturated rings. The number of halogens is 1. The van der Waals surface area contributed by atoms with Gasteiger partial charge in [-0.2, -0.15) is 0 Å². The van der Waals surface area contributed by atoms with Crippen molar-refractivity contribution in [3.05, 3.63) is 34.9 Å². The van der Waals surface area contributed by atoms with E-state index in [4.69, 9.17) is 16.3 Å². The van der Waals surface area contributed by atoms with Crippen LogP contribution in [0.15, 0.2) is 24.3 Å². The first kappa shape index (κ1) is 15.8. The molecule has 2 saturated heterocycles. The van der Waals surface area contributed by atoms with Crippen molar-refractivity contribution >= 4 is 17.6 Å². The molecule has 0 aromatic heterocycles. The van der Waals surface area contributed by atoms with Crippen molar-refractivity contribution in [3.8, 4) is 0 Å². The monoisotopic (exact) mass is 326 g/mol. The first-order valence-electron chi connectivity index (χ1n) is 7.94. The van der Waals surface area contributed by atoms with Crippen LogP contribution in [-0.2, 0) is 4.74 Å². The van der Waals surface area contributed by atoms with E-state index in [9.17, 15) is 4.79 Å². The molecule has 2 heterocycles. The fourth-order valence-corrected chi connectivity index (χ4v) is 3.88. The Bertz CT molecular complexity index is 518. The Hall–Kier alpha value is -1.10. The maximum atomic E-state index is 12.4. The second-order valence-electron chi connectivity index (χ2n) is 6.47. The molecule has 1 aromatic rings. The zero-order chi connectivity index (χ0) is 15.7. The molecule has 2 bridgehead atoms. The van der Waals surface area contributed by atoms with Gasteiger partial charge >= 0.3 is 5.97 Å². The number of ether oxygens (including phenoxy) is 1. The molecule has 0 spiro atoms. The van der Waals surface area contributed by atoms with E-state index in [1.165, 1.54) is 0 Å². The molecule has 0 amide bonds. The lowest BCUT2D eigenvalue weighted by atomic mass is 9.97. The maximum Gasteiger partial charge on any atom is 0.338 e. The number of nitrogens with zero attached hydrogens (tertiary/aromatic N) is 2. The van der Waals surface area contributed by atoms with Crippen LogP contribution in [0.1, 0.15) is 17.3 Å². The van der Waals surface area contributed by atoms with Gasteiger partial charge in [-0.15, -0.1) is 0 Å². The minimum Gasteiger partial charge on any atom is -0.458 e. The number of carbonyl (C=O) groups is 1. The predicted molar refractivity (Wildman–Crippen MR) is 87.2 cm³/mol. The van der Waals surface area contributed by atoms with Gasteiger partial charge in [0, 0.05) is 43.0 Å². The minimum atomic E-state index is -0.230. The van der Waals surface area contributed by atoms with Gasteiger partial charge in [-0.25, -0.2) is 4.79 Å². The summed E-state index contributed by atoms with van der Waals surface area (Å²) in [5.74, 6) is 0.563. The Morgan fingerprint density at radius 2 is 1.86 bits per heavy atom. The van der Waals surface area contributed by atoms with E-state index in [2.05, 4.69) is 23.8 Å². The highest BCUT2D eigenvalue weighted by atomic mass is 35.5. The van der Waals surface area contributed by atoms with Crippen molar-refractivity contribution in [1.29, 1.82) is 0 Å². The molecule has 1 unspecified atom stereocenters. The van der Waals surface area contributed by atoms with Crippen molar-refractivity contribution < 1.29 is 9.53 Å². The Morgan fingerprint density at radius 3 is 2.41 bits per heavy atom. The van der Waals surface area contributed by atoms with Crippen molar-refractivity contribution in [1.82, 2.24) is 9.80 Å². The molecule has 120 valence electrons. The van der Waals surface area contributed by atoms with Gasteiger partial charge < -0.3 is 14.5 Å². The zero-order valence-electron chi connectivity index (χ0n) is 13.2. The number of esters is 1. The largest absolute Gasteiger partial charge is 0.458 e. The number of fused-ring (bicyclic) bond motifs is 2. The Morgan fingerprint density at radius 1 is 1.27 bits per heavy atom. The molecule has 22 heavy (non-hydrogen) atoms. The van der Waals surface area contributed by atoms with Crippen molar-refractivity contribution in [2.75, 3.05) is 39.8 Å². The standard InChI is InChI=1S/C17H23ClN2O2/c1-3-20-10-13-8-19(2)9-14(11-20)16(13)22-17(21)12-4-6-15(18)7-5-12/h4-7,13-14,16H,3,8-11H2,1-2H3/t13-,14+,16?/i10+2,11+2. The third kappa shape index (κ3) is 3.29. The molecule has 5 heteroatoms. The molecule has 3 rings (SSSR count). The summed E-state index contributed by atoms with van der Waals surface area (Å²) in [4.78, 5) is 17.2. The van der Waals surface area contributed by atoms with Crippen LogP contribution in [0.5, 0.6) is 0 Å². The summed E-state index contributed by atoms with van der Waals surface area (Å²) in [5, 5.41) is 0.631. The third-order valence-corrected chi connectivity index (χ3v) is 5.03. The van der Waals surface area contributed by atoms with E-state index in [0.29, 0.717) is 22.4 Å². The number of hydrogen-bond donors (Lipinski definition) is 0. The molecular weight excluding hydrogens is 304 g/mol. The van der Waals surface area contributed by atoms with Gasteiger partial charge in [0.05, 0.1) is 5.56 Å². The van der Waals surface area contributed by atoms with Crippen LogP contribution in [0.2, 0.25) is 5.02 Å². The first-order valence-corrected chi connectivity index (χ1v) is 8.32. The normalized spacial score (nSPS) is 29.3. The van der Waals surface area contributed by atoms with Crippen LogP contribution in [0.3, 0.4) is 0 Å². The minimum absolute atomic E-state index is 0.0298. The lowest BCUT2D eigenvalue weighted by Gasteiger charge is -2.49. The fourth-order valence-electron chi connectivity index (χ4n) is 3.76. The Kier molecular flexibility index (Phi) is 4.71. The van der Waals surface area contributed by atoms with E-state index in [-0.39, 0.29) is 12.1 Å². The molecule has 0 aliphatic carbocycles. The maximum absolute atomic E-state index is 12.4. The molecule has 0 N–H and O–H groups in total. The summed E-state index contributed by atoms with van der Waals surface area (Å²) >= 11 is 5.87. The summed E-state index contributed by atoms with van der Waals surface area (Å²) in [5.41, 5.74) is 0.578. The van der Waals surface area contributed by atoms with Crippen LogP contribution < -0.4 is 0 Å². The summed E-state index contributed by atoms with van der Waals surface area (Å²) in [6.07, 6.45) is 0.0298. The quantitative estimate of drug-likeness (QED) is 0.798. The average Bonchev–Trinajstić information content (AvgIpc) is 2.48. The summed E-state index contributed by atoms with van der Waals surface area (Å²) in [7, 11) is 2.15. The highest BCUT2D eigenvalue weighted by Gasteiger charge is 2.43. The molecule has 2 aliphatic heterocycles. The lowest BCUT2D eigenvalue weighted by molar-refractivity contribution is -0.0831. The van der Waals surface area contributed by atoms with Crippen LogP contribution in [-0.4, -0.2) is 61.6 Å². The molecule has 3 atom stereocenters. The summed E-state index contributed by atoms with van der Waals surface area (Å²) < 4.78 is 5.89. The summed E-state index contributed by atoms with van der Waals surface area (Å²) in [6, 6.07) is 6.92. The van der Waals surface area contributed by atoms with Gasteiger partial charge in [-0.3, -0.25) is 0 Å². The van der Waals surface area contributed by atoms with E-state index >= 15 is 0 Å². The summed E-state index contributed by atoms with van der Waals surface area (Å²) in [6.45, 7) is 7.26. The van der Waals surface area contributed by atoms with Crippen molar-refractivity contribution in [2.24, 2.45) is 11.8 Å². The number of piperidine rings is 2. The fraction of sp³-hybridized carbons (Fsp3) is 0.588. The number of carbonyl (C=O) groups excluding carboxylic acids is 1. The number of likely N-dealkylation sites (tertiary alicyclic amines) is 2. The van der Waals surface area contributed by atoms with Gasteiger partial charge in [0.2, 0.25) is 0 Å². The zero-order valence-corrected chi connectivity index (χ0v) is 13.9. The smallest absolute Gasteiger partial charge is 0.338 e. The van der Waals surface area contributed by atoms with Crippen LogP contribution >= 0.6 is 11.6 Å². The van der Waals surface area contributed by atoms with Crippen LogP contribution in [0.25, 0.3) is 0 Å². The molecule has 4 nitrogen and oxygen atoms in total. The van der Waals surface area contributed by atoms with E-state index < -0.39 is 0 Å². The van der Waals surface area contributed by atoms with Crippen LogP contribution in [0, 0.1) is 11.8 Å². The van der Waals surface area contributed by atoms with Gasteiger partial charge in [0.15, 0.2) is 0 Å². The second kappa shape index (κ2) is 6.57. The van der Waals surface area contributed by atoms with Crippen molar-refractivity contribution in [2.45, 2.75) is 13.0 Å². The molecule has 2 aliphatic rings. The number of hydrogen-bond acceptors (Lipinski definition) is 4. The molecule has 1 aromatic carbocycles. The molecular formula is C17H23ClN2O2. The van der Waals surface area contributed by atoms with Crippen LogP contribution in [0.4, 0.5) is 0 Å². The lowest BCUT2D eigenvalue weighted by Crippen LogP contribution is -2.60. The van der Waals surface area contributed by atoms with E-state index in [1.807, 2.05) is 0 Å². The van der Waals surface area contributed by atoms with Gasteiger partial charge in [-0.1, -0.05) is 18.5 Å². The molecule has 0 saturated carbocycles. The predicted octanol–water partition coefficient (Wildman–Crippen LogP) is 2.38. The Labute approximate surface area is 137 Å². The average molecular weight is 327 g/mol. The van der Waals surface area contributed by atoms with E-state index in [0.717, 1.165) is 32.7 Å².